The molecule has 1 N–H and O–H groups in total. The van der Waals surface area contributed by atoms with E-state index in [4.69, 9.17) is 11.6 Å². The van der Waals surface area contributed by atoms with Crippen LogP contribution in [-0.2, 0) is 19.5 Å². The number of halogens is 2. The van der Waals surface area contributed by atoms with Crippen LogP contribution in [0.2, 0.25) is 5.02 Å². The molecule has 0 saturated heterocycles. The molecule has 0 spiro atoms. The first-order valence-corrected chi connectivity index (χ1v) is 6.62. The number of nitrogens with zero attached hydrogens (tertiary/aromatic N) is 2. The van der Waals surface area contributed by atoms with Crippen LogP contribution in [0.1, 0.15) is 22.5 Å². The Kier molecular flexibility index (Phi) is 4.50. The number of aromatic nitrogens is 2. The Morgan fingerprint density at radius 3 is 2.79 bits per heavy atom. The third kappa shape index (κ3) is 2.94. The number of benzene rings is 1. The summed E-state index contributed by atoms with van der Waals surface area (Å²) in [5.41, 5.74) is 5.15. The molecule has 1 aromatic heterocycles. The Morgan fingerprint density at radius 2 is 2.05 bits per heavy atom. The summed E-state index contributed by atoms with van der Waals surface area (Å²) in [6.45, 7) is 4.89. The van der Waals surface area contributed by atoms with Crippen LogP contribution in [0.5, 0.6) is 0 Å². The standard InChI is InChI=1S/C14H16ClN3.ClH/c1-10-13-6-7-16-8-14(13)18(17-10)9-11-2-4-12(15)5-3-11;/h2-5,16H,6-9H2,1H3;1H. The fourth-order valence-electron chi connectivity index (χ4n) is 2.50. The highest BCUT2D eigenvalue weighted by Gasteiger charge is 2.17. The van der Waals surface area contributed by atoms with Crippen LogP contribution in [0.25, 0.3) is 0 Å². The van der Waals surface area contributed by atoms with Crippen molar-refractivity contribution in [2.75, 3.05) is 6.54 Å². The van der Waals surface area contributed by atoms with Crippen molar-refractivity contribution in [3.63, 3.8) is 0 Å². The number of fused-ring (bicyclic) bond motifs is 1. The van der Waals surface area contributed by atoms with Crippen LogP contribution >= 0.6 is 24.0 Å². The molecular weight excluding hydrogens is 281 g/mol. The summed E-state index contributed by atoms with van der Waals surface area (Å²) in [7, 11) is 0. The van der Waals surface area contributed by atoms with E-state index in [9.17, 15) is 0 Å². The molecule has 0 radical (unpaired) electrons. The fraction of sp³-hybridized carbons (Fsp3) is 0.357. The highest BCUT2D eigenvalue weighted by molar-refractivity contribution is 6.30. The lowest BCUT2D eigenvalue weighted by Gasteiger charge is -2.15. The normalized spacial score (nSPS) is 13.8. The van der Waals surface area contributed by atoms with Gasteiger partial charge in [0.1, 0.15) is 0 Å². The second-order valence-corrected chi connectivity index (χ2v) is 5.16. The minimum Gasteiger partial charge on any atom is -0.311 e. The molecule has 1 aliphatic heterocycles. The lowest BCUT2D eigenvalue weighted by molar-refractivity contribution is 0.570. The topological polar surface area (TPSA) is 29.9 Å². The first-order valence-electron chi connectivity index (χ1n) is 6.24. The monoisotopic (exact) mass is 297 g/mol. The highest BCUT2D eigenvalue weighted by atomic mass is 35.5. The molecule has 2 heterocycles. The molecule has 0 amide bonds. The molecule has 3 nitrogen and oxygen atoms in total. The van der Waals surface area contributed by atoms with E-state index in [1.54, 1.807) is 0 Å². The zero-order chi connectivity index (χ0) is 12.5. The van der Waals surface area contributed by atoms with Crippen molar-refractivity contribution in [1.82, 2.24) is 15.1 Å². The zero-order valence-corrected chi connectivity index (χ0v) is 12.4. The molecule has 0 bridgehead atoms. The smallest absolute Gasteiger partial charge is 0.0663 e. The van der Waals surface area contributed by atoms with E-state index >= 15 is 0 Å². The van der Waals surface area contributed by atoms with Gasteiger partial charge in [0.25, 0.3) is 0 Å². The maximum absolute atomic E-state index is 5.90. The van der Waals surface area contributed by atoms with Crippen molar-refractivity contribution in [3.05, 3.63) is 51.8 Å². The van der Waals surface area contributed by atoms with Crippen LogP contribution < -0.4 is 5.32 Å². The summed E-state index contributed by atoms with van der Waals surface area (Å²) in [6, 6.07) is 7.97. The van der Waals surface area contributed by atoms with Crippen LogP contribution in [0, 0.1) is 6.92 Å². The number of hydrogen-bond donors (Lipinski definition) is 1. The molecule has 5 heteroatoms. The quantitative estimate of drug-likeness (QED) is 0.924. The lowest BCUT2D eigenvalue weighted by Crippen LogP contribution is -2.25. The van der Waals surface area contributed by atoms with Crippen LogP contribution in [0.15, 0.2) is 24.3 Å². The summed E-state index contributed by atoms with van der Waals surface area (Å²) in [5, 5.41) is 8.84. The van der Waals surface area contributed by atoms with Crippen molar-refractivity contribution >= 4 is 24.0 Å². The van der Waals surface area contributed by atoms with Gasteiger partial charge in [-0.2, -0.15) is 5.10 Å². The maximum atomic E-state index is 5.90. The molecular formula is C14H17Cl2N3. The summed E-state index contributed by atoms with van der Waals surface area (Å²) < 4.78 is 2.11. The van der Waals surface area contributed by atoms with Gasteiger partial charge < -0.3 is 5.32 Å². The van der Waals surface area contributed by atoms with Crippen LogP contribution in [0.3, 0.4) is 0 Å². The van der Waals surface area contributed by atoms with Gasteiger partial charge in [0.05, 0.1) is 17.9 Å². The highest BCUT2D eigenvalue weighted by Crippen LogP contribution is 2.19. The van der Waals surface area contributed by atoms with E-state index in [0.717, 1.165) is 31.1 Å². The molecule has 0 aliphatic carbocycles. The largest absolute Gasteiger partial charge is 0.311 e. The van der Waals surface area contributed by atoms with Gasteiger partial charge in [-0.25, -0.2) is 0 Å². The van der Waals surface area contributed by atoms with Crippen LogP contribution in [-0.4, -0.2) is 16.3 Å². The van der Waals surface area contributed by atoms with E-state index in [2.05, 4.69) is 34.2 Å². The van der Waals surface area contributed by atoms with Gasteiger partial charge >= 0.3 is 0 Å². The number of nitrogens with one attached hydrogen (secondary N) is 1. The third-order valence-electron chi connectivity index (χ3n) is 3.46. The predicted molar refractivity (Wildman–Crippen MR) is 80.2 cm³/mol. The minimum atomic E-state index is 0. The van der Waals surface area contributed by atoms with E-state index < -0.39 is 0 Å². The fourth-order valence-corrected chi connectivity index (χ4v) is 2.63. The summed E-state index contributed by atoms with van der Waals surface area (Å²) in [6.07, 6.45) is 1.09. The second-order valence-electron chi connectivity index (χ2n) is 4.72. The van der Waals surface area contributed by atoms with Crippen LogP contribution in [0.4, 0.5) is 0 Å². The van der Waals surface area contributed by atoms with E-state index in [-0.39, 0.29) is 12.4 Å². The molecule has 3 rings (SSSR count). The SMILES string of the molecule is Cc1nn(Cc2ccc(Cl)cc2)c2c1CCNC2.Cl. The van der Waals surface area contributed by atoms with Gasteiger partial charge in [0.2, 0.25) is 0 Å². The van der Waals surface area contributed by atoms with E-state index in [1.807, 2.05) is 12.1 Å². The molecule has 19 heavy (non-hydrogen) atoms. The Hall–Kier alpha value is -1.03. The number of hydrogen-bond acceptors (Lipinski definition) is 2. The molecule has 1 aromatic carbocycles. The van der Waals surface area contributed by atoms with Gasteiger partial charge in [0.15, 0.2) is 0 Å². The minimum absolute atomic E-state index is 0. The van der Waals surface area contributed by atoms with Gasteiger partial charge in [-0.05, 0) is 43.1 Å². The molecule has 0 fully saturated rings. The average Bonchev–Trinajstić information content (AvgIpc) is 2.70. The molecule has 1 aliphatic rings. The van der Waals surface area contributed by atoms with Gasteiger partial charge in [0, 0.05) is 11.6 Å². The summed E-state index contributed by atoms with van der Waals surface area (Å²) in [4.78, 5) is 0. The Morgan fingerprint density at radius 1 is 1.32 bits per heavy atom. The Labute approximate surface area is 124 Å². The molecule has 0 unspecified atom stereocenters. The number of rotatable bonds is 2. The first-order chi connectivity index (χ1) is 8.74. The molecule has 102 valence electrons. The van der Waals surface area contributed by atoms with E-state index in [1.165, 1.54) is 22.5 Å². The van der Waals surface area contributed by atoms with Gasteiger partial charge in [-0.3, -0.25) is 4.68 Å². The Bertz CT molecular complexity index is 561. The van der Waals surface area contributed by atoms with Crippen molar-refractivity contribution in [3.8, 4) is 0 Å². The van der Waals surface area contributed by atoms with Crippen molar-refractivity contribution in [1.29, 1.82) is 0 Å². The van der Waals surface area contributed by atoms with Crippen molar-refractivity contribution in [2.24, 2.45) is 0 Å². The predicted octanol–water partition coefficient (Wildman–Crippen LogP) is 2.96. The Balaban J connectivity index is 0.00000133. The number of aryl methyl sites for hydroxylation is 1. The second kappa shape index (κ2) is 5.95. The molecule has 0 saturated carbocycles. The first kappa shape index (κ1) is 14.4. The molecule has 2 aromatic rings. The summed E-state index contributed by atoms with van der Waals surface area (Å²) in [5.74, 6) is 0. The lowest BCUT2D eigenvalue weighted by atomic mass is 10.1. The van der Waals surface area contributed by atoms with Gasteiger partial charge in [-0.1, -0.05) is 23.7 Å². The third-order valence-corrected chi connectivity index (χ3v) is 3.71. The zero-order valence-electron chi connectivity index (χ0n) is 10.8. The average molecular weight is 298 g/mol. The van der Waals surface area contributed by atoms with Crippen molar-refractivity contribution < 1.29 is 0 Å². The summed E-state index contributed by atoms with van der Waals surface area (Å²) >= 11 is 5.90. The van der Waals surface area contributed by atoms with Gasteiger partial charge in [-0.15, -0.1) is 12.4 Å². The molecule has 0 atom stereocenters. The van der Waals surface area contributed by atoms with Crippen molar-refractivity contribution in [2.45, 2.75) is 26.4 Å². The maximum Gasteiger partial charge on any atom is 0.0663 e. The van der Waals surface area contributed by atoms with E-state index in [0.29, 0.717) is 0 Å².